The third-order valence-electron chi connectivity index (χ3n) is 14.3. The van der Waals surface area contributed by atoms with Crippen LogP contribution >= 0.6 is 0 Å². The van der Waals surface area contributed by atoms with Crippen LogP contribution in [0.25, 0.3) is 21.5 Å². The zero-order valence-corrected chi connectivity index (χ0v) is 48.9. The van der Waals surface area contributed by atoms with Crippen LogP contribution in [-0.4, -0.2) is 167 Å². The van der Waals surface area contributed by atoms with Gasteiger partial charge >= 0.3 is 5.97 Å². The number of rotatable bonds is 33. The zero-order valence-electron chi connectivity index (χ0n) is 45.6. The van der Waals surface area contributed by atoms with Crippen molar-refractivity contribution < 1.29 is 94.8 Å². The van der Waals surface area contributed by atoms with Gasteiger partial charge in [-0.1, -0.05) is 36.4 Å². The highest BCUT2D eigenvalue weighted by Gasteiger charge is 2.49. The molecule has 2 heterocycles. The number of fused-ring (bicyclic) bond motifs is 6. The number of anilines is 1. The van der Waals surface area contributed by atoms with Crippen LogP contribution in [0, 0.1) is 0 Å². The van der Waals surface area contributed by atoms with E-state index in [0.29, 0.717) is 105 Å². The zero-order chi connectivity index (χ0) is 59.4. The second kappa shape index (κ2) is 27.9. The summed E-state index contributed by atoms with van der Waals surface area (Å²) in [5, 5.41) is 9.32. The molecule has 0 aliphatic carbocycles. The number of carboxylic acid groups (broad SMARTS) is 1. The van der Waals surface area contributed by atoms with Crippen LogP contribution in [-0.2, 0) is 84.5 Å². The number of nitrogens with zero attached hydrogens (tertiary/aromatic N) is 2. The van der Waals surface area contributed by atoms with Gasteiger partial charge in [0.05, 0.1) is 77.9 Å². The Morgan fingerprint density at radius 1 is 0.580 bits per heavy atom. The maximum atomic E-state index is 12.7. The molecular weight excluding hydrogens is 1140 g/mol. The minimum absolute atomic E-state index is 0.0514. The molecule has 6 rings (SSSR count). The molecule has 81 heavy (non-hydrogen) atoms. The fraction of sp³-hybridized carbons (Fsp3) is 0.455. The number of likely N-dealkylation sites (N-methyl/N-ethyl adjacent to an activating group) is 1. The molecule has 2 aliphatic rings. The van der Waals surface area contributed by atoms with E-state index in [0.717, 1.165) is 12.1 Å². The minimum atomic E-state index is -5.32. The lowest BCUT2D eigenvalue weighted by Crippen LogP contribution is -2.33. The number of ether oxygens (including phenoxy) is 6. The lowest BCUT2D eigenvalue weighted by Gasteiger charge is -2.30. The van der Waals surface area contributed by atoms with Gasteiger partial charge in [0.15, 0.2) is 5.71 Å². The lowest BCUT2D eigenvalue weighted by molar-refractivity contribution is -0.438. The van der Waals surface area contributed by atoms with E-state index >= 15 is 0 Å². The number of benzene rings is 4. The summed E-state index contributed by atoms with van der Waals surface area (Å²) >= 11 is 0. The summed E-state index contributed by atoms with van der Waals surface area (Å²) in [6, 6.07) is 9.42. The molecule has 2 aliphatic heterocycles. The number of allylic oxidation sites excluding steroid dienone is 8. The van der Waals surface area contributed by atoms with Crippen molar-refractivity contribution in [2.75, 3.05) is 98.3 Å². The van der Waals surface area contributed by atoms with Gasteiger partial charge in [-0.3, -0.25) is 4.79 Å². The molecule has 26 heteroatoms. The van der Waals surface area contributed by atoms with Crippen molar-refractivity contribution in [1.29, 1.82) is 0 Å². The van der Waals surface area contributed by atoms with Crippen molar-refractivity contribution in [3.8, 4) is 0 Å². The summed E-state index contributed by atoms with van der Waals surface area (Å²) in [6.45, 7) is 8.97. The van der Waals surface area contributed by atoms with Crippen LogP contribution in [0.5, 0.6) is 0 Å². The number of methoxy groups -OCH3 is 2. The molecule has 2 atom stereocenters. The van der Waals surface area contributed by atoms with Gasteiger partial charge in [-0.25, -0.2) is 33.7 Å². The quantitative estimate of drug-likeness (QED) is 0.0244. The van der Waals surface area contributed by atoms with Gasteiger partial charge in [-0.2, -0.15) is 4.58 Å². The van der Waals surface area contributed by atoms with E-state index in [1.807, 2.05) is 42.4 Å². The molecule has 0 bridgehead atoms. The Balaban J connectivity index is 1.43. The van der Waals surface area contributed by atoms with Crippen molar-refractivity contribution in [2.45, 2.75) is 89.7 Å². The van der Waals surface area contributed by atoms with Crippen molar-refractivity contribution in [1.82, 2.24) is 0 Å². The normalized spacial score (nSPS) is 18.5. The molecule has 1 N–H and O–H groups in total. The standard InChI is InChI=1S/C55H70N2O20S4/c1-6-56-45-20-18-41-43(35-39(78(60,61)62)37-47(41)80(66,67)68)52(45)54(2,22-25-74-31-33-76-29-27-72-4)49(56)15-11-8-7-9-12-16-50-55(3,23-26-75-32-34-77-30-28-73-5)53-44-36-40(79(63,64)65)38-48(81(69,70)71)42(44)19-21-46(53)57(50)24-14-10-13-17-51(58)59/h7-9,11-12,15-16,18-21,35-38H,6,10,13-14,17,22-34H2,1-5H3,(H4-,58,59,60,61,62,63,64,65,66,67,68,69,70,71)/p-3. The highest BCUT2D eigenvalue weighted by molar-refractivity contribution is 7.87. The third-order valence-corrected chi connectivity index (χ3v) is 17.6. The minimum Gasteiger partial charge on any atom is -0.744 e. The van der Waals surface area contributed by atoms with E-state index in [1.165, 1.54) is 12.1 Å². The molecule has 4 aromatic carbocycles. The van der Waals surface area contributed by atoms with Crippen LogP contribution < -0.4 is 4.90 Å². The molecule has 0 saturated heterocycles. The van der Waals surface area contributed by atoms with Crippen molar-refractivity contribution in [3.63, 3.8) is 0 Å². The first kappa shape index (κ1) is 64.9. The largest absolute Gasteiger partial charge is 0.744 e. The number of aliphatic carboxylic acids is 1. The second-order valence-electron chi connectivity index (χ2n) is 19.5. The van der Waals surface area contributed by atoms with Crippen LogP contribution in [0.2, 0.25) is 0 Å². The Bertz CT molecular complexity index is 3580. The van der Waals surface area contributed by atoms with Crippen molar-refractivity contribution in [2.24, 2.45) is 0 Å². The topological polar surface area (TPSA) is 328 Å². The van der Waals surface area contributed by atoms with Gasteiger partial charge in [0.2, 0.25) is 5.69 Å². The summed E-state index contributed by atoms with van der Waals surface area (Å²) in [4.78, 5) is 9.83. The second-order valence-corrected chi connectivity index (χ2v) is 25.0. The van der Waals surface area contributed by atoms with E-state index in [9.17, 15) is 61.8 Å². The molecule has 0 spiro atoms. The maximum Gasteiger partial charge on any atom is 0.303 e. The molecule has 22 nitrogen and oxygen atoms in total. The van der Waals surface area contributed by atoms with Crippen molar-refractivity contribution in [3.05, 3.63) is 108 Å². The van der Waals surface area contributed by atoms with Crippen LogP contribution in [0.4, 0.5) is 11.4 Å². The number of carbonyl (C=O) groups is 1. The predicted molar refractivity (Wildman–Crippen MR) is 295 cm³/mol. The molecule has 0 radical (unpaired) electrons. The molecule has 0 amide bonds. The third kappa shape index (κ3) is 15.7. The summed E-state index contributed by atoms with van der Waals surface area (Å²) < 4.78 is 186. The Morgan fingerprint density at radius 2 is 1.06 bits per heavy atom. The summed E-state index contributed by atoms with van der Waals surface area (Å²) in [5.74, 6) is -0.949. The first-order valence-electron chi connectivity index (χ1n) is 26.0. The van der Waals surface area contributed by atoms with Gasteiger partial charge in [0.1, 0.15) is 47.0 Å². The predicted octanol–water partition coefficient (Wildman–Crippen LogP) is 6.10. The molecule has 0 saturated carbocycles. The van der Waals surface area contributed by atoms with Gasteiger partial charge in [0.25, 0.3) is 0 Å². The van der Waals surface area contributed by atoms with E-state index in [4.69, 9.17) is 28.4 Å². The summed E-state index contributed by atoms with van der Waals surface area (Å²) in [7, 11) is -18.0. The molecule has 2 unspecified atom stereocenters. The Morgan fingerprint density at radius 3 is 1.57 bits per heavy atom. The lowest BCUT2D eigenvalue weighted by atomic mass is 9.75. The molecule has 0 aromatic heterocycles. The number of hydrogen-bond donors (Lipinski definition) is 1. The number of carboxylic acids is 1. The highest BCUT2D eigenvalue weighted by atomic mass is 32.2. The molecule has 444 valence electrons. The van der Waals surface area contributed by atoms with Gasteiger partial charge in [-0.15, -0.1) is 0 Å². The van der Waals surface area contributed by atoms with E-state index in [2.05, 4.69) is 0 Å². The maximum absolute atomic E-state index is 12.7. The van der Waals surface area contributed by atoms with E-state index in [1.54, 1.807) is 56.7 Å². The van der Waals surface area contributed by atoms with Crippen molar-refractivity contribution >= 4 is 85.1 Å². The smallest absolute Gasteiger partial charge is 0.303 e. The van der Waals surface area contributed by atoms with Gasteiger partial charge < -0.3 is 56.6 Å². The van der Waals surface area contributed by atoms with Gasteiger partial charge in [0, 0.05) is 86.7 Å². The Labute approximate surface area is 473 Å². The van der Waals surface area contributed by atoms with Crippen LogP contribution in [0.1, 0.15) is 70.4 Å². The first-order valence-corrected chi connectivity index (χ1v) is 31.6. The van der Waals surface area contributed by atoms with Gasteiger partial charge in [-0.05, 0) is 111 Å². The average Bonchev–Trinajstić information content (AvgIpc) is 2.34. The molecular formula is C55H67N2O20S4-3. The van der Waals surface area contributed by atoms with E-state index in [-0.39, 0.29) is 80.4 Å². The Kier molecular flexibility index (Phi) is 22.3. The molecule has 0 fully saturated rings. The van der Waals surface area contributed by atoms with Crippen LogP contribution in [0.3, 0.4) is 0 Å². The number of unbranched alkanes of at least 4 members (excludes halogenated alkanes) is 2. The average molecular weight is 1200 g/mol. The fourth-order valence-electron chi connectivity index (χ4n) is 10.5. The highest BCUT2D eigenvalue weighted by Crippen LogP contribution is 2.54. The Hall–Kier alpha value is -5.30. The first-order chi connectivity index (χ1) is 38.2. The molecule has 4 aromatic rings. The fourth-order valence-corrected chi connectivity index (χ4v) is 13.1. The van der Waals surface area contributed by atoms with E-state index < -0.39 is 76.9 Å². The van der Waals surface area contributed by atoms with Crippen LogP contribution in [0.15, 0.2) is 116 Å². The monoisotopic (exact) mass is 1200 g/mol. The number of hydrogen-bond acceptors (Lipinski definition) is 20. The SMILES string of the molecule is CCN1/C(=C/C=C/C=C/C=C/C2=[N+](CCCCCC(=O)O)c3ccc4c(S(=O)(=O)[O-])cc(S(=O)(=O)[O-])cc4c3C2(C)CCOCCOCCOC)C(C)(CCOCCOCCOC)c2c1ccc1c(S(=O)(=O)[O-])cc(S(=O)(=O)[O-])cc21. The summed E-state index contributed by atoms with van der Waals surface area (Å²) in [5.41, 5.74) is 1.21. The summed E-state index contributed by atoms with van der Waals surface area (Å²) in [6.07, 6.45) is 14.2.